The maximum atomic E-state index is 10.9. The Hall–Kier alpha value is -1.07. The number of carbonyl (C=O) groups is 1. The molecule has 1 aliphatic rings. The van der Waals surface area contributed by atoms with Crippen LogP contribution in [0.1, 0.15) is 23.2 Å². The monoisotopic (exact) mass is 239 g/mol. The smallest absolute Gasteiger partial charge is 0.338 e. The Morgan fingerprint density at radius 1 is 1.69 bits per heavy atom. The molecule has 1 N–H and O–H groups in total. The lowest BCUT2D eigenvalue weighted by Crippen LogP contribution is -2.09. The van der Waals surface area contributed by atoms with Gasteiger partial charge in [0, 0.05) is 18.6 Å². The fourth-order valence-corrected chi connectivity index (χ4v) is 2.67. The van der Waals surface area contributed by atoms with Crippen molar-refractivity contribution in [1.82, 2.24) is 4.98 Å². The third-order valence-electron chi connectivity index (χ3n) is 2.43. The molecule has 0 unspecified atom stereocenters. The highest BCUT2D eigenvalue weighted by molar-refractivity contribution is 7.99. The van der Waals surface area contributed by atoms with Crippen LogP contribution >= 0.6 is 11.8 Å². The van der Waals surface area contributed by atoms with Gasteiger partial charge in [-0.05, 0) is 25.0 Å². The molecule has 86 valence electrons. The lowest BCUT2D eigenvalue weighted by Gasteiger charge is -2.09. The summed E-state index contributed by atoms with van der Waals surface area (Å²) in [5.41, 5.74) is 0.269. The van der Waals surface area contributed by atoms with Gasteiger partial charge < -0.3 is 9.84 Å². The van der Waals surface area contributed by atoms with Crippen LogP contribution in [0, 0.1) is 0 Å². The number of pyridine rings is 1. The lowest BCUT2D eigenvalue weighted by atomic mass is 10.3. The summed E-state index contributed by atoms with van der Waals surface area (Å²) in [6.45, 7) is 0.819. The van der Waals surface area contributed by atoms with Crippen molar-refractivity contribution < 1.29 is 14.6 Å². The molecule has 2 heterocycles. The van der Waals surface area contributed by atoms with E-state index in [0.717, 1.165) is 25.2 Å². The standard InChI is InChI=1S/C11H13NO3S/c13-11(14)9-4-1-5-12-10(9)16-7-8-3-2-6-15-8/h1,4-5,8H,2-3,6-7H2,(H,13,14)/t8-/m0/s1. The number of rotatable bonds is 4. The van der Waals surface area contributed by atoms with Crippen LogP contribution in [0.25, 0.3) is 0 Å². The zero-order valence-electron chi connectivity index (χ0n) is 8.76. The van der Waals surface area contributed by atoms with Gasteiger partial charge in [-0.3, -0.25) is 0 Å². The predicted molar refractivity (Wildman–Crippen MR) is 60.9 cm³/mol. The Morgan fingerprint density at radius 2 is 2.56 bits per heavy atom. The van der Waals surface area contributed by atoms with E-state index < -0.39 is 5.97 Å². The number of carboxylic acids is 1. The van der Waals surface area contributed by atoms with Crippen molar-refractivity contribution in [2.75, 3.05) is 12.4 Å². The van der Waals surface area contributed by atoms with Crippen LogP contribution in [0.2, 0.25) is 0 Å². The SMILES string of the molecule is O=C(O)c1cccnc1SC[C@@H]1CCCO1. The molecule has 0 radical (unpaired) electrons. The molecule has 0 spiro atoms. The maximum absolute atomic E-state index is 10.9. The van der Waals surface area contributed by atoms with Gasteiger partial charge >= 0.3 is 5.97 Å². The first kappa shape index (κ1) is 11.4. The molecule has 1 aliphatic heterocycles. The van der Waals surface area contributed by atoms with Crippen LogP contribution in [-0.4, -0.2) is 34.5 Å². The van der Waals surface area contributed by atoms with E-state index in [4.69, 9.17) is 9.84 Å². The van der Waals surface area contributed by atoms with E-state index in [1.807, 2.05) is 0 Å². The molecule has 4 nitrogen and oxygen atoms in total. The minimum atomic E-state index is -0.928. The Labute approximate surface area is 98.0 Å². The molecule has 0 amide bonds. The molecular weight excluding hydrogens is 226 g/mol. The average molecular weight is 239 g/mol. The van der Waals surface area contributed by atoms with Crippen LogP contribution < -0.4 is 0 Å². The first-order valence-corrected chi connectivity index (χ1v) is 6.18. The first-order valence-electron chi connectivity index (χ1n) is 5.20. The molecule has 5 heteroatoms. The Morgan fingerprint density at radius 3 is 3.25 bits per heavy atom. The van der Waals surface area contributed by atoms with Crippen molar-refractivity contribution in [3.8, 4) is 0 Å². The second kappa shape index (κ2) is 5.32. The molecule has 1 fully saturated rings. The molecule has 1 saturated heterocycles. The fourth-order valence-electron chi connectivity index (χ4n) is 1.62. The largest absolute Gasteiger partial charge is 0.478 e. The van der Waals surface area contributed by atoms with Crippen molar-refractivity contribution in [1.29, 1.82) is 0 Å². The highest BCUT2D eigenvalue weighted by atomic mass is 32.2. The number of nitrogens with zero attached hydrogens (tertiary/aromatic N) is 1. The summed E-state index contributed by atoms with van der Waals surface area (Å²) in [7, 11) is 0. The van der Waals surface area contributed by atoms with Gasteiger partial charge in [0.15, 0.2) is 0 Å². The van der Waals surface area contributed by atoms with Crippen LogP contribution in [0.3, 0.4) is 0 Å². The summed E-state index contributed by atoms with van der Waals surface area (Å²) in [6.07, 6.45) is 4.01. The average Bonchev–Trinajstić information content (AvgIpc) is 2.79. The highest BCUT2D eigenvalue weighted by Gasteiger charge is 2.18. The number of hydrogen-bond donors (Lipinski definition) is 1. The minimum Gasteiger partial charge on any atom is -0.478 e. The third-order valence-corrected chi connectivity index (χ3v) is 3.57. The van der Waals surface area contributed by atoms with Gasteiger partial charge in [-0.25, -0.2) is 9.78 Å². The van der Waals surface area contributed by atoms with Crippen molar-refractivity contribution in [2.24, 2.45) is 0 Å². The number of thioether (sulfide) groups is 1. The van der Waals surface area contributed by atoms with Crippen molar-refractivity contribution in [2.45, 2.75) is 24.0 Å². The second-order valence-corrected chi connectivity index (χ2v) is 4.62. The van der Waals surface area contributed by atoms with Gasteiger partial charge in [0.1, 0.15) is 5.03 Å². The van der Waals surface area contributed by atoms with Crippen LogP contribution in [-0.2, 0) is 4.74 Å². The Bertz CT molecular complexity index is 377. The van der Waals surface area contributed by atoms with E-state index >= 15 is 0 Å². The van der Waals surface area contributed by atoms with Crippen LogP contribution in [0.15, 0.2) is 23.4 Å². The number of carboxylic acid groups (broad SMARTS) is 1. The molecule has 1 aromatic rings. The maximum Gasteiger partial charge on any atom is 0.338 e. The molecule has 1 aromatic heterocycles. The highest BCUT2D eigenvalue weighted by Crippen LogP contribution is 2.24. The van der Waals surface area contributed by atoms with Gasteiger partial charge in [0.2, 0.25) is 0 Å². The van der Waals surface area contributed by atoms with Gasteiger partial charge in [-0.2, -0.15) is 0 Å². The number of ether oxygens (including phenoxy) is 1. The quantitative estimate of drug-likeness (QED) is 0.815. The summed E-state index contributed by atoms with van der Waals surface area (Å²) in [6, 6.07) is 3.22. The minimum absolute atomic E-state index is 0.244. The number of hydrogen-bond acceptors (Lipinski definition) is 4. The van der Waals surface area contributed by atoms with E-state index in [2.05, 4.69) is 4.98 Å². The second-order valence-electron chi connectivity index (χ2n) is 3.61. The summed E-state index contributed by atoms with van der Waals surface area (Å²) in [4.78, 5) is 15.0. The fraction of sp³-hybridized carbons (Fsp3) is 0.455. The Balaban J connectivity index is 2.00. The number of aromatic carboxylic acids is 1. The van der Waals surface area contributed by atoms with Gasteiger partial charge in [-0.1, -0.05) is 0 Å². The zero-order valence-corrected chi connectivity index (χ0v) is 9.57. The molecule has 0 bridgehead atoms. The van der Waals surface area contributed by atoms with Gasteiger partial charge in [0.25, 0.3) is 0 Å². The molecule has 1 atom stereocenters. The van der Waals surface area contributed by atoms with Crippen LogP contribution in [0.4, 0.5) is 0 Å². The summed E-state index contributed by atoms with van der Waals surface area (Å²) in [5.74, 6) is -0.153. The van der Waals surface area contributed by atoms with Crippen molar-refractivity contribution in [3.05, 3.63) is 23.9 Å². The first-order chi connectivity index (χ1) is 7.77. The number of aromatic nitrogens is 1. The van der Waals surface area contributed by atoms with E-state index in [-0.39, 0.29) is 11.7 Å². The predicted octanol–water partition coefficient (Wildman–Crippen LogP) is 2.05. The third kappa shape index (κ3) is 2.74. The Kier molecular flexibility index (Phi) is 3.79. The van der Waals surface area contributed by atoms with Crippen molar-refractivity contribution >= 4 is 17.7 Å². The topological polar surface area (TPSA) is 59.4 Å². The molecule has 0 saturated carbocycles. The van der Waals surface area contributed by atoms with Crippen LogP contribution in [0.5, 0.6) is 0 Å². The molecule has 0 aliphatic carbocycles. The van der Waals surface area contributed by atoms with Gasteiger partial charge in [0.05, 0.1) is 11.7 Å². The van der Waals surface area contributed by atoms with Crippen molar-refractivity contribution in [3.63, 3.8) is 0 Å². The molecule has 0 aromatic carbocycles. The lowest BCUT2D eigenvalue weighted by molar-refractivity contribution is 0.0692. The zero-order chi connectivity index (χ0) is 11.4. The van der Waals surface area contributed by atoms with E-state index in [9.17, 15) is 4.79 Å². The normalized spacial score (nSPS) is 19.9. The summed E-state index contributed by atoms with van der Waals surface area (Å²) >= 11 is 1.46. The van der Waals surface area contributed by atoms with E-state index in [1.165, 1.54) is 11.8 Å². The van der Waals surface area contributed by atoms with E-state index in [1.54, 1.807) is 18.3 Å². The summed E-state index contributed by atoms with van der Waals surface area (Å²) < 4.78 is 5.48. The van der Waals surface area contributed by atoms with E-state index in [0.29, 0.717) is 5.03 Å². The summed E-state index contributed by atoms with van der Waals surface area (Å²) in [5, 5.41) is 9.55. The molecule has 16 heavy (non-hydrogen) atoms. The molecule has 2 rings (SSSR count). The van der Waals surface area contributed by atoms with Gasteiger partial charge in [-0.15, -0.1) is 11.8 Å². The molecular formula is C11H13NO3S.